The van der Waals surface area contributed by atoms with Gasteiger partial charge < -0.3 is 19.3 Å². The van der Waals surface area contributed by atoms with Crippen molar-refractivity contribution in [1.82, 2.24) is 4.90 Å². The van der Waals surface area contributed by atoms with E-state index in [0.29, 0.717) is 32.5 Å². The van der Waals surface area contributed by atoms with Crippen LogP contribution < -0.4 is 4.90 Å². The molecule has 1 aromatic carbocycles. The zero-order valence-electron chi connectivity index (χ0n) is 18.0. The predicted octanol–water partition coefficient (Wildman–Crippen LogP) is 3.62. The SMILES string of the molecule is CCN(C(=O)[C@@H](C)OC(=O)C1CCN(C(=O)OC(C)(C)C)CC1)c1ccccc1. The Kier molecular flexibility index (Phi) is 7.65. The lowest BCUT2D eigenvalue weighted by molar-refractivity contribution is -0.159. The molecule has 0 bridgehead atoms. The van der Waals surface area contributed by atoms with Gasteiger partial charge in [0.15, 0.2) is 6.10 Å². The van der Waals surface area contributed by atoms with Gasteiger partial charge in [0.05, 0.1) is 5.92 Å². The van der Waals surface area contributed by atoms with Gasteiger partial charge >= 0.3 is 12.1 Å². The maximum atomic E-state index is 12.7. The van der Waals surface area contributed by atoms with Crippen molar-refractivity contribution in [1.29, 1.82) is 0 Å². The van der Waals surface area contributed by atoms with Gasteiger partial charge in [-0.05, 0) is 59.6 Å². The average Bonchev–Trinajstić information content (AvgIpc) is 2.68. The molecule has 160 valence electrons. The Hall–Kier alpha value is -2.57. The summed E-state index contributed by atoms with van der Waals surface area (Å²) in [7, 11) is 0. The van der Waals surface area contributed by atoms with Gasteiger partial charge in [-0.15, -0.1) is 0 Å². The summed E-state index contributed by atoms with van der Waals surface area (Å²) in [5.41, 5.74) is 0.223. The number of esters is 1. The van der Waals surface area contributed by atoms with Crippen LogP contribution in [0.25, 0.3) is 0 Å². The van der Waals surface area contributed by atoms with Gasteiger partial charge in [0, 0.05) is 25.3 Å². The predicted molar refractivity (Wildman–Crippen MR) is 111 cm³/mol. The maximum Gasteiger partial charge on any atom is 0.410 e. The van der Waals surface area contributed by atoms with E-state index in [9.17, 15) is 14.4 Å². The molecule has 7 heteroatoms. The average molecular weight is 405 g/mol. The normalized spacial score (nSPS) is 16.1. The van der Waals surface area contributed by atoms with Crippen molar-refractivity contribution >= 4 is 23.7 Å². The van der Waals surface area contributed by atoms with Crippen LogP contribution in [0.15, 0.2) is 30.3 Å². The zero-order valence-corrected chi connectivity index (χ0v) is 18.0. The fraction of sp³-hybridized carbons (Fsp3) is 0.591. The Balaban J connectivity index is 1.87. The fourth-order valence-electron chi connectivity index (χ4n) is 3.24. The van der Waals surface area contributed by atoms with Crippen LogP contribution >= 0.6 is 0 Å². The number of carbonyl (C=O) groups excluding carboxylic acids is 3. The van der Waals surface area contributed by atoms with E-state index in [-0.39, 0.29) is 23.9 Å². The van der Waals surface area contributed by atoms with E-state index >= 15 is 0 Å². The van der Waals surface area contributed by atoms with Crippen LogP contribution in [0.4, 0.5) is 10.5 Å². The molecule has 0 aliphatic carbocycles. The van der Waals surface area contributed by atoms with E-state index in [0.717, 1.165) is 5.69 Å². The molecule has 0 aromatic heterocycles. The summed E-state index contributed by atoms with van der Waals surface area (Å²) < 4.78 is 10.8. The molecule has 1 saturated heterocycles. The molecule has 1 heterocycles. The van der Waals surface area contributed by atoms with Crippen molar-refractivity contribution in [3.63, 3.8) is 0 Å². The molecule has 1 atom stereocenters. The van der Waals surface area contributed by atoms with Crippen LogP contribution in [-0.2, 0) is 19.1 Å². The number of para-hydroxylation sites is 1. The lowest BCUT2D eigenvalue weighted by Gasteiger charge is -2.33. The first-order valence-electron chi connectivity index (χ1n) is 10.2. The number of likely N-dealkylation sites (N-methyl/N-ethyl adjacent to an activating group) is 1. The smallest absolute Gasteiger partial charge is 0.410 e. The largest absolute Gasteiger partial charge is 0.452 e. The fourth-order valence-corrected chi connectivity index (χ4v) is 3.24. The third kappa shape index (κ3) is 6.48. The highest BCUT2D eigenvalue weighted by Crippen LogP contribution is 2.22. The summed E-state index contributed by atoms with van der Waals surface area (Å²) in [6, 6.07) is 9.31. The van der Waals surface area contributed by atoms with E-state index in [1.807, 2.05) is 58.0 Å². The minimum atomic E-state index is -0.869. The van der Waals surface area contributed by atoms with Gasteiger partial charge in [0.2, 0.25) is 0 Å². The molecule has 1 aliphatic heterocycles. The third-order valence-electron chi connectivity index (χ3n) is 4.77. The lowest BCUT2D eigenvalue weighted by atomic mass is 9.97. The number of rotatable bonds is 5. The summed E-state index contributed by atoms with van der Waals surface area (Å²) in [5.74, 6) is -0.965. The summed E-state index contributed by atoms with van der Waals surface area (Å²) in [4.78, 5) is 40.6. The van der Waals surface area contributed by atoms with Crippen molar-refractivity contribution in [3.8, 4) is 0 Å². The Morgan fingerprint density at radius 2 is 1.72 bits per heavy atom. The maximum absolute atomic E-state index is 12.7. The second-order valence-corrected chi connectivity index (χ2v) is 8.24. The minimum absolute atomic E-state index is 0.252. The summed E-state index contributed by atoms with van der Waals surface area (Å²) >= 11 is 0. The van der Waals surface area contributed by atoms with Crippen molar-refractivity contribution in [2.24, 2.45) is 5.92 Å². The number of likely N-dealkylation sites (tertiary alicyclic amines) is 1. The molecule has 0 spiro atoms. The molecular formula is C22H32N2O5. The molecule has 0 N–H and O–H groups in total. The number of ether oxygens (including phenoxy) is 2. The molecule has 1 fully saturated rings. The van der Waals surface area contributed by atoms with Crippen LogP contribution in [0.2, 0.25) is 0 Å². The van der Waals surface area contributed by atoms with E-state index < -0.39 is 11.7 Å². The second kappa shape index (κ2) is 9.76. The first-order chi connectivity index (χ1) is 13.6. The lowest BCUT2D eigenvalue weighted by Crippen LogP contribution is -2.44. The Morgan fingerprint density at radius 1 is 1.14 bits per heavy atom. The van der Waals surface area contributed by atoms with E-state index in [1.165, 1.54) is 0 Å². The number of carbonyl (C=O) groups is 3. The Labute approximate surface area is 172 Å². The third-order valence-corrected chi connectivity index (χ3v) is 4.77. The molecule has 1 aliphatic rings. The number of anilines is 1. The highest BCUT2D eigenvalue weighted by atomic mass is 16.6. The summed E-state index contributed by atoms with van der Waals surface area (Å²) in [6.07, 6.45) is -0.245. The van der Waals surface area contributed by atoms with Gasteiger partial charge in [-0.25, -0.2) is 4.79 Å². The Bertz CT molecular complexity index is 706. The number of benzene rings is 1. The van der Waals surface area contributed by atoms with Gasteiger partial charge in [-0.3, -0.25) is 9.59 Å². The van der Waals surface area contributed by atoms with Crippen molar-refractivity contribution in [2.75, 3.05) is 24.5 Å². The molecule has 7 nitrogen and oxygen atoms in total. The zero-order chi connectivity index (χ0) is 21.6. The highest BCUT2D eigenvalue weighted by Gasteiger charge is 2.33. The second-order valence-electron chi connectivity index (χ2n) is 8.24. The summed E-state index contributed by atoms with van der Waals surface area (Å²) in [6.45, 7) is 10.3. The van der Waals surface area contributed by atoms with Gasteiger partial charge in [0.1, 0.15) is 5.60 Å². The van der Waals surface area contributed by atoms with Gasteiger partial charge in [0.25, 0.3) is 5.91 Å². The topological polar surface area (TPSA) is 76.2 Å². The van der Waals surface area contributed by atoms with E-state index in [4.69, 9.17) is 9.47 Å². The van der Waals surface area contributed by atoms with E-state index in [2.05, 4.69) is 0 Å². The molecule has 0 radical (unpaired) electrons. The van der Waals surface area contributed by atoms with Crippen LogP contribution in [0.3, 0.4) is 0 Å². The molecule has 2 amide bonds. The minimum Gasteiger partial charge on any atom is -0.452 e. The van der Waals surface area contributed by atoms with Crippen molar-refractivity contribution in [2.45, 2.75) is 59.2 Å². The first-order valence-corrected chi connectivity index (χ1v) is 10.2. The molecule has 0 unspecified atom stereocenters. The quantitative estimate of drug-likeness (QED) is 0.701. The van der Waals surface area contributed by atoms with Gasteiger partial charge in [-0.2, -0.15) is 0 Å². The van der Waals surface area contributed by atoms with Crippen molar-refractivity contribution < 1.29 is 23.9 Å². The van der Waals surface area contributed by atoms with Crippen LogP contribution in [0.5, 0.6) is 0 Å². The molecule has 1 aromatic rings. The molecule has 29 heavy (non-hydrogen) atoms. The van der Waals surface area contributed by atoms with Crippen LogP contribution in [-0.4, -0.2) is 54.2 Å². The highest BCUT2D eigenvalue weighted by molar-refractivity contribution is 5.97. The van der Waals surface area contributed by atoms with Crippen molar-refractivity contribution in [3.05, 3.63) is 30.3 Å². The number of hydrogen-bond donors (Lipinski definition) is 0. The molecule has 0 saturated carbocycles. The standard InChI is InChI=1S/C22H32N2O5/c1-6-24(18-10-8-7-9-11-18)19(25)16(2)28-20(26)17-12-14-23(15-13-17)21(27)29-22(3,4)5/h7-11,16-17H,6,12-15H2,1-5H3/t16-/m1/s1. The number of hydrogen-bond acceptors (Lipinski definition) is 5. The summed E-state index contributed by atoms with van der Waals surface area (Å²) in [5, 5.41) is 0. The number of piperidine rings is 1. The van der Waals surface area contributed by atoms with Crippen LogP contribution in [0, 0.1) is 5.92 Å². The van der Waals surface area contributed by atoms with Gasteiger partial charge in [-0.1, -0.05) is 18.2 Å². The van der Waals surface area contributed by atoms with E-state index in [1.54, 1.807) is 16.7 Å². The number of amides is 2. The molecule has 2 rings (SSSR count). The van der Waals surface area contributed by atoms with Crippen LogP contribution in [0.1, 0.15) is 47.5 Å². The monoisotopic (exact) mass is 404 g/mol. The molecular weight excluding hydrogens is 372 g/mol. The number of nitrogens with zero attached hydrogens (tertiary/aromatic N) is 2. The Morgan fingerprint density at radius 3 is 2.24 bits per heavy atom. The first kappa shape index (κ1) is 22.7.